The molecule has 0 amide bonds. The molecule has 0 aliphatic carbocycles. The number of piperidine rings is 1. The van der Waals surface area contributed by atoms with Crippen molar-refractivity contribution in [1.82, 2.24) is 9.21 Å². The number of carbonyl (C=O) groups is 1. The highest BCUT2D eigenvalue weighted by Crippen LogP contribution is 2.40. The molecule has 11 heteroatoms. The minimum Gasteiger partial charge on any atom is -0.475 e. The van der Waals surface area contributed by atoms with Crippen molar-refractivity contribution in [2.45, 2.75) is 29.6 Å². The number of hydrogen-bond donors (Lipinski definition) is 1. The number of carboxylic acid groups (broad SMARTS) is 1. The molecule has 1 aromatic heterocycles. The number of alkyl halides is 3. The summed E-state index contributed by atoms with van der Waals surface area (Å²) >= 11 is 1.31. The largest absolute Gasteiger partial charge is 0.490 e. The molecule has 6 nitrogen and oxygen atoms in total. The van der Waals surface area contributed by atoms with Gasteiger partial charge in [-0.1, -0.05) is 6.07 Å². The molecule has 1 aromatic rings. The Morgan fingerprint density at radius 3 is 2.42 bits per heavy atom. The van der Waals surface area contributed by atoms with Crippen LogP contribution in [0.3, 0.4) is 0 Å². The number of halogens is 3. The molecule has 2 aliphatic heterocycles. The maximum atomic E-state index is 12.5. The van der Waals surface area contributed by atoms with Crippen molar-refractivity contribution < 1.29 is 31.5 Å². The first kappa shape index (κ1) is 21.1. The first-order chi connectivity index (χ1) is 12.0. The van der Waals surface area contributed by atoms with Gasteiger partial charge in [0.05, 0.1) is 0 Å². The number of nitrogens with zero attached hydrogens (tertiary/aromatic N) is 2. The number of likely N-dealkylation sites (tertiary alicyclic amines) is 1. The molecule has 0 radical (unpaired) electrons. The third-order valence-electron chi connectivity index (χ3n) is 4.59. The molecule has 2 fully saturated rings. The molecule has 2 saturated heterocycles. The normalized spacial score (nSPS) is 25.1. The predicted octanol–water partition coefficient (Wildman–Crippen LogP) is 2.49. The summed E-state index contributed by atoms with van der Waals surface area (Å²) in [5, 5.41) is 8.95. The monoisotopic (exact) mass is 414 g/mol. The van der Waals surface area contributed by atoms with Crippen LogP contribution in [0.25, 0.3) is 0 Å². The fraction of sp³-hybridized carbons (Fsp3) is 0.667. The molecule has 3 heterocycles. The summed E-state index contributed by atoms with van der Waals surface area (Å²) in [6, 6.07) is 3.51. The fourth-order valence-corrected chi connectivity index (χ4v) is 6.12. The van der Waals surface area contributed by atoms with Gasteiger partial charge >= 0.3 is 12.1 Å². The van der Waals surface area contributed by atoms with Crippen molar-refractivity contribution in [2.75, 3.05) is 33.2 Å². The third-order valence-corrected chi connectivity index (χ3v) is 7.81. The van der Waals surface area contributed by atoms with Crippen molar-refractivity contribution in [3.8, 4) is 0 Å². The highest BCUT2D eigenvalue weighted by molar-refractivity contribution is 7.91. The summed E-state index contributed by atoms with van der Waals surface area (Å²) in [5.74, 6) is -2.76. The molecule has 0 saturated carbocycles. The second-order valence-corrected chi connectivity index (χ2v) is 9.78. The Kier molecular flexibility index (Phi) is 6.36. The van der Waals surface area contributed by atoms with Crippen molar-refractivity contribution in [2.24, 2.45) is 5.41 Å². The number of carboxylic acids is 1. The Bertz CT molecular complexity index is 722. The summed E-state index contributed by atoms with van der Waals surface area (Å²) in [7, 11) is -1.12. The van der Waals surface area contributed by atoms with E-state index in [1.807, 2.05) is 5.38 Å². The van der Waals surface area contributed by atoms with E-state index in [0.29, 0.717) is 17.3 Å². The van der Waals surface area contributed by atoms with Gasteiger partial charge < -0.3 is 10.0 Å². The van der Waals surface area contributed by atoms with Crippen LogP contribution in [0.2, 0.25) is 0 Å². The number of hydrogen-bond acceptors (Lipinski definition) is 5. The zero-order chi connectivity index (χ0) is 19.6. The molecule has 148 valence electrons. The summed E-state index contributed by atoms with van der Waals surface area (Å²) in [5.41, 5.74) is 0.192. The van der Waals surface area contributed by atoms with Crippen LogP contribution in [0.5, 0.6) is 0 Å². The lowest BCUT2D eigenvalue weighted by molar-refractivity contribution is -0.192. The topological polar surface area (TPSA) is 77.9 Å². The first-order valence-electron chi connectivity index (χ1n) is 7.99. The van der Waals surface area contributed by atoms with Gasteiger partial charge in [-0.25, -0.2) is 13.2 Å². The van der Waals surface area contributed by atoms with E-state index in [0.717, 1.165) is 25.9 Å². The standard InChI is InChI=1S/C13H20N2O2S2.C2HF3O2/c1-14-7-3-5-13(10-14)6-8-15(11-13)19(16,17)12-4-2-9-18-12;3-2(4,5)1(6)7/h2,4,9H,3,5-8,10-11H2,1H3;(H,6,7). The average Bonchev–Trinajstić information content (AvgIpc) is 3.17. The number of aliphatic carboxylic acids is 1. The van der Waals surface area contributed by atoms with Crippen molar-refractivity contribution in [3.63, 3.8) is 0 Å². The van der Waals surface area contributed by atoms with Crippen molar-refractivity contribution in [1.29, 1.82) is 0 Å². The van der Waals surface area contributed by atoms with Gasteiger partial charge in [0.25, 0.3) is 10.0 Å². The lowest BCUT2D eigenvalue weighted by atomic mass is 9.79. The summed E-state index contributed by atoms with van der Waals surface area (Å²) in [6.45, 7) is 3.54. The van der Waals surface area contributed by atoms with Gasteiger partial charge in [-0.3, -0.25) is 0 Å². The molecule has 3 rings (SSSR count). The molecule has 1 N–H and O–H groups in total. The van der Waals surface area contributed by atoms with E-state index in [9.17, 15) is 21.6 Å². The SMILES string of the molecule is CN1CCCC2(CCN(S(=O)(=O)c3cccs3)C2)C1.O=C(O)C(F)(F)F. The van der Waals surface area contributed by atoms with E-state index in [-0.39, 0.29) is 5.41 Å². The summed E-state index contributed by atoms with van der Waals surface area (Å²) < 4.78 is 59.0. The maximum Gasteiger partial charge on any atom is 0.490 e. The van der Waals surface area contributed by atoms with Crippen LogP contribution in [0, 0.1) is 5.41 Å². The first-order valence-corrected chi connectivity index (χ1v) is 10.3. The van der Waals surface area contributed by atoms with Gasteiger partial charge in [0, 0.05) is 19.6 Å². The number of sulfonamides is 1. The van der Waals surface area contributed by atoms with Gasteiger partial charge in [0.2, 0.25) is 0 Å². The van der Waals surface area contributed by atoms with Gasteiger partial charge in [-0.15, -0.1) is 11.3 Å². The second-order valence-electron chi connectivity index (χ2n) is 6.66. The molecular weight excluding hydrogens is 393 g/mol. The van der Waals surface area contributed by atoms with Gasteiger partial charge in [-0.05, 0) is 49.7 Å². The molecule has 1 spiro atoms. The van der Waals surface area contributed by atoms with E-state index >= 15 is 0 Å². The Morgan fingerprint density at radius 1 is 1.27 bits per heavy atom. The third kappa shape index (κ3) is 4.96. The van der Waals surface area contributed by atoms with Crippen LogP contribution >= 0.6 is 11.3 Å². The van der Waals surface area contributed by atoms with Crippen LogP contribution in [0.15, 0.2) is 21.7 Å². The minimum absolute atomic E-state index is 0.192. The summed E-state index contributed by atoms with van der Waals surface area (Å²) in [4.78, 5) is 11.2. The highest BCUT2D eigenvalue weighted by atomic mass is 32.2. The van der Waals surface area contributed by atoms with E-state index in [4.69, 9.17) is 9.90 Å². The zero-order valence-electron chi connectivity index (χ0n) is 14.2. The Hall–Kier alpha value is -1.17. The van der Waals surface area contributed by atoms with Crippen molar-refractivity contribution in [3.05, 3.63) is 17.5 Å². The zero-order valence-corrected chi connectivity index (χ0v) is 15.8. The Labute approximate surface area is 154 Å². The van der Waals surface area contributed by atoms with Gasteiger partial charge in [-0.2, -0.15) is 17.5 Å². The summed E-state index contributed by atoms with van der Waals surface area (Å²) in [6.07, 6.45) is -1.74. The van der Waals surface area contributed by atoms with E-state index in [1.54, 1.807) is 16.4 Å². The predicted molar refractivity (Wildman–Crippen MR) is 90.5 cm³/mol. The lowest BCUT2D eigenvalue weighted by Crippen LogP contribution is -2.43. The molecule has 0 bridgehead atoms. The molecule has 0 aromatic carbocycles. The van der Waals surface area contributed by atoms with Gasteiger partial charge in [0.1, 0.15) is 4.21 Å². The van der Waals surface area contributed by atoms with Crippen LogP contribution in [0.1, 0.15) is 19.3 Å². The van der Waals surface area contributed by atoms with Gasteiger partial charge in [0.15, 0.2) is 0 Å². The van der Waals surface area contributed by atoms with Crippen molar-refractivity contribution >= 4 is 27.3 Å². The van der Waals surface area contributed by atoms with E-state index in [2.05, 4.69) is 11.9 Å². The molecule has 1 unspecified atom stereocenters. The minimum atomic E-state index is -5.08. The van der Waals surface area contributed by atoms with Crippen LogP contribution in [-0.2, 0) is 14.8 Å². The second kappa shape index (κ2) is 7.83. The molecule has 2 aliphatic rings. The number of rotatable bonds is 2. The Balaban J connectivity index is 0.000000298. The lowest BCUT2D eigenvalue weighted by Gasteiger charge is -2.38. The molecule has 26 heavy (non-hydrogen) atoms. The van der Waals surface area contributed by atoms with E-state index < -0.39 is 22.2 Å². The molecule has 1 atom stereocenters. The average molecular weight is 414 g/mol. The highest BCUT2D eigenvalue weighted by Gasteiger charge is 2.44. The van der Waals surface area contributed by atoms with Crippen LogP contribution < -0.4 is 0 Å². The Morgan fingerprint density at radius 2 is 1.92 bits per heavy atom. The fourth-order valence-electron chi connectivity index (χ4n) is 3.42. The quantitative estimate of drug-likeness (QED) is 0.805. The van der Waals surface area contributed by atoms with E-state index in [1.165, 1.54) is 17.8 Å². The maximum absolute atomic E-state index is 12.5. The molecular formula is C15H21F3N2O4S2. The van der Waals surface area contributed by atoms with Crippen LogP contribution in [0.4, 0.5) is 13.2 Å². The number of thiophene rings is 1. The smallest absolute Gasteiger partial charge is 0.475 e. The van der Waals surface area contributed by atoms with Crippen LogP contribution in [-0.4, -0.2) is 68.1 Å².